The van der Waals surface area contributed by atoms with Gasteiger partial charge in [-0.15, -0.1) is 0 Å². The highest BCUT2D eigenvalue weighted by Gasteiger charge is 2.13. The van der Waals surface area contributed by atoms with E-state index < -0.39 is 7.60 Å². The fourth-order valence-corrected chi connectivity index (χ4v) is 2.14. The summed E-state index contributed by atoms with van der Waals surface area (Å²) >= 11 is 0. The van der Waals surface area contributed by atoms with Gasteiger partial charge in [0.2, 0.25) is 0 Å². The summed E-state index contributed by atoms with van der Waals surface area (Å²) in [7, 11) is -3.75. The van der Waals surface area contributed by atoms with Gasteiger partial charge in [-0.05, 0) is 18.8 Å². The van der Waals surface area contributed by atoms with Gasteiger partial charge in [-0.25, -0.2) is 0 Å². The second-order valence-electron chi connectivity index (χ2n) is 3.59. The number of rotatable bonds is 7. The second-order valence-corrected chi connectivity index (χ2v) is 5.37. The average molecular weight is 208 g/mol. The fraction of sp³-hybridized carbons (Fsp3) is 1.00. The van der Waals surface area contributed by atoms with Crippen LogP contribution in [0.1, 0.15) is 46.0 Å². The highest BCUT2D eigenvalue weighted by atomic mass is 31.2. The first-order chi connectivity index (χ1) is 5.99. The van der Waals surface area contributed by atoms with Crippen molar-refractivity contribution in [2.75, 3.05) is 6.16 Å². The van der Waals surface area contributed by atoms with Crippen LogP contribution >= 0.6 is 7.60 Å². The van der Waals surface area contributed by atoms with Crippen LogP contribution in [0.25, 0.3) is 0 Å². The zero-order chi connectivity index (χ0) is 10.3. The molecule has 0 aliphatic rings. The minimum atomic E-state index is -3.75. The maximum absolute atomic E-state index is 10.6. The molecule has 0 aromatic carbocycles. The van der Waals surface area contributed by atoms with Crippen molar-refractivity contribution >= 4 is 7.60 Å². The van der Waals surface area contributed by atoms with E-state index in [1.807, 2.05) is 0 Å². The predicted octanol–water partition coefficient (Wildman–Crippen LogP) is 2.77. The first-order valence-electron chi connectivity index (χ1n) is 5.04. The lowest BCUT2D eigenvalue weighted by molar-refractivity contribution is 0.364. The molecular weight excluding hydrogens is 187 g/mol. The second kappa shape index (κ2) is 6.58. The molecule has 13 heavy (non-hydrogen) atoms. The molecule has 0 aromatic heterocycles. The molecule has 0 bridgehead atoms. The van der Waals surface area contributed by atoms with Crippen LogP contribution in [0, 0.1) is 5.92 Å². The summed E-state index contributed by atoms with van der Waals surface area (Å²) in [6.07, 6.45) is 5.12. The highest BCUT2D eigenvalue weighted by Crippen LogP contribution is 2.36. The van der Waals surface area contributed by atoms with Crippen LogP contribution in [-0.2, 0) is 4.57 Å². The quantitative estimate of drug-likeness (QED) is 0.632. The molecule has 2 N–H and O–H groups in total. The van der Waals surface area contributed by atoms with Gasteiger partial charge in [0, 0.05) is 6.16 Å². The molecule has 0 radical (unpaired) electrons. The van der Waals surface area contributed by atoms with E-state index in [0.717, 1.165) is 19.3 Å². The number of hydrogen-bond acceptors (Lipinski definition) is 1. The van der Waals surface area contributed by atoms with E-state index in [1.54, 1.807) is 0 Å². The van der Waals surface area contributed by atoms with Gasteiger partial charge in [-0.3, -0.25) is 4.57 Å². The Kier molecular flexibility index (Phi) is 6.66. The molecule has 0 saturated carbocycles. The fourth-order valence-electron chi connectivity index (χ4n) is 1.55. The van der Waals surface area contributed by atoms with E-state index in [4.69, 9.17) is 9.79 Å². The molecule has 1 unspecified atom stereocenters. The Labute approximate surface area is 80.7 Å². The zero-order valence-corrected chi connectivity index (χ0v) is 9.46. The summed E-state index contributed by atoms with van der Waals surface area (Å²) in [4.78, 5) is 17.3. The molecule has 0 aliphatic heterocycles. The Morgan fingerprint density at radius 1 is 1.23 bits per heavy atom. The summed E-state index contributed by atoms with van der Waals surface area (Å²) in [5.41, 5.74) is 0. The third kappa shape index (κ3) is 8.48. The van der Waals surface area contributed by atoms with Crippen molar-refractivity contribution < 1.29 is 14.4 Å². The van der Waals surface area contributed by atoms with Crippen LogP contribution in [-0.4, -0.2) is 15.9 Å². The van der Waals surface area contributed by atoms with E-state index in [0.29, 0.717) is 12.3 Å². The molecule has 80 valence electrons. The molecule has 3 nitrogen and oxygen atoms in total. The van der Waals surface area contributed by atoms with E-state index in [9.17, 15) is 4.57 Å². The molecule has 4 heteroatoms. The van der Waals surface area contributed by atoms with Gasteiger partial charge in [0.15, 0.2) is 0 Å². The molecule has 1 atom stereocenters. The van der Waals surface area contributed by atoms with Gasteiger partial charge in [0.25, 0.3) is 0 Å². The summed E-state index contributed by atoms with van der Waals surface area (Å²) in [5.74, 6) is 0.650. The van der Waals surface area contributed by atoms with Gasteiger partial charge >= 0.3 is 7.60 Å². The minimum absolute atomic E-state index is 0.0488. The monoisotopic (exact) mass is 208 g/mol. The summed E-state index contributed by atoms with van der Waals surface area (Å²) in [6.45, 7) is 4.28. The van der Waals surface area contributed by atoms with Gasteiger partial charge in [-0.1, -0.05) is 33.1 Å². The molecule has 0 rings (SSSR count). The average Bonchev–Trinajstić information content (AvgIpc) is 2.01. The van der Waals surface area contributed by atoms with Crippen LogP contribution in [0.5, 0.6) is 0 Å². The lowest BCUT2D eigenvalue weighted by Crippen LogP contribution is -2.00. The van der Waals surface area contributed by atoms with E-state index in [1.165, 1.54) is 6.42 Å². The van der Waals surface area contributed by atoms with Crippen molar-refractivity contribution in [3.05, 3.63) is 0 Å². The highest BCUT2D eigenvalue weighted by molar-refractivity contribution is 7.51. The maximum Gasteiger partial charge on any atom is 0.325 e. The Morgan fingerprint density at radius 2 is 1.85 bits per heavy atom. The van der Waals surface area contributed by atoms with E-state index in [-0.39, 0.29) is 6.16 Å². The molecular formula is C9H21O3P. The third-order valence-electron chi connectivity index (χ3n) is 2.34. The lowest BCUT2D eigenvalue weighted by atomic mass is 9.96. The summed E-state index contributed by atoms with van der Waals surface area (Å²) in [5, 5.41) is 0. The van der Waals surface area contributed by atoms with Crippen molar-refractivity contribution in [1.29, 1.82) is 0 Å². The predicted molar refractivity (Wildman–Crippen MR) is 54.8 cm³/mol. The standard InChI is InChI=1S/C9H21O3P/c1-3-6-9(4-2)7-5-8-13(10,11)12/h9H,3-8H2,1-2H3,(H2,10,11,12). The Morgan fingerprint density at radius 3 is 2.23 bits per heavy atom. The molecule has 0 spiro atoms. The Bertz CT molecular complexity index is 164. The molecule has 0 heterocycles. The summed E-state index contributed by atoms with van der Waals surface area (Å²) < 4.78 is 10.6. The Balaban J connectivity index is 3.55. The third-order valence-corrected chi connectivity index (χ3v) is 3.23. The molecule has 0 aliphatic carbocycles. The van der Waals surface area contributed by atoms with E-state index >= 15 is 0 Å². The van der Waals surface area contributed by atoms with Crippen LogP contribution in [0.15, 0.2) is 0 Å². The molecule has 0 fully saturated rings. The van der Waals surface area contributed by atoms with E-state index in [2.05, 4.69) is 13.8 Å². The zero-order valence-electron chi connectivity index (χ0n) is 8.57. The first-order valence-corrected chi connectivity index (χ1v) is 6.84. The van der Waals surface area contributed by atoms with Gasteiger partial charge in [-0.2, -0.15) is 0 Å². The first kappa shape index (κ1) is 13.2. The van der Waals surface area contributed by atoms with Crippen LogP contribution in [0.4, 0.5) is 0 Å². The van der Waals surface area contributed by atoms with Gasteiger partial charge in [0.05, 0.1) is 0 Å². The van der Waals surface area contributed by atoms with Gasteiger partial charge < -0.3 is 9.79 Å². The van der Waals surface area contributed by atoms with Crippen LogP contribution in [0.3, 0.4) is 0 Å². The largest absolute Gasteiger partial charge is 0.325 e. The maximum atomic E-state index is 10.6. The SMILES string of the molecule is CCCC(CC)CCCP(=O)(O)O. The van der Waals surface area contributed by atoms with Gasteiger partial charge in [0.1, 0.15) is 0 Å². The van der Waals surface area contributed by atoms with Crippen molar-refractivity contribution in [3.63, 3.8) is 0 Å². The minimum Gasteiger partial charge on any atom is -0.324 e. The summed E-state index contributed by atoms with van der Waals surface area (Å²) in [6, 6.07) is 0. The van der Waals surface area contributed by atoms with Crippen molar-refractivity contribution in [1.82, 2.24) is 0 Å². The Hall–Kier alpha value is 0.150. The lowest BCUT2D eigenvalue weighted by Gasteiger charge is -2.13. The number of hydrogen-bond donors (Lipinski definition) is 2. The smallest absolute Gasteiger partial charge is 0.324 e. The molecule has 0 amide bonds. The van der Waals surface area contributed by atoms with Crippen molar-refractivity contribution in [3.8, 4) is 0 Å². The van der Waals surface area contributed by atoms with Crippen molar-refractivity contribution in [2.45, 2.75) is 46.0 Å². The van der Waals surface area contributed by atoms with Crippen LogP contribution in [0.2, 0.25) is 0 Å². The normalized spacial score (nSPS) is 14.5. The topological polar surface area (TPSA) is 57.5 Å². The molecule has 0 saturated heterocycles. The van der Waals surface area contributed by atoms with Crippen LogP contribution < -0.4 is 0 Å². The van der Waals surface area contributed by atoms with Crippen molar-refractivity contribution in [2.24, 2.45) is 5.92 Å². The molecule has 0 aromatic rings.